The van der Waals surface area contributed by atoms with E-state index < -0.39 is 0 Å². The Kier molecular flexibility index (Phi) is 3.35. The van der Waals surface area contributed by atoms with E-state index in [9.17, 15) is 4.79 Å². The van der Waals surface area contributed by atoms with E-state index in [1.54, 1.807) is 11.3 Å². The molecule has 1 atom stereocenters. The number of hydrogen-bond donors (Lipinski definition) is 0. The maximum atomic E-state index is 12.4. The molecule has 1 nitrogen and oxygen atoms in total. The van der Waals surface area contributed by atoms with Crippen LogP contribution in [-0.4, -0.2) is 5.78 Å². The van der Waals surface area contributed by atoms with Crippen LogP contribution in [0.5, 0.6) is 0 Å². The number of halogens is 1. The van der Waals surface area contributed by atoms with Gasteiger partial charge >= 0.3 is 0 Å². The second-order valence-corrected chi connectivity index (χ2v) is 7.21. The molecule has 0 aliphatic heterocycles. The van der Waals surface area contributed by atoms with E-state index in [-0.39, 0.29) is 5.92 Å². The third kappa shape index (κ3) is 2.29. The number of thiophene rings is 1. The fourth-order valence-electron chi connectivity index (χ4n) is 2.56. The van der Waals surface area contributed by atoms with Gasteiger partial charge in [-0.05, 0) is 52.9 Å². The van der Waals surface area contributed by atoms with Gasteiger partial charge in [-0.25, -0.2) is 0 Å². The number of hydrogen-bond acceptors (Lipinski definition) is 2. The second-order valence-electron chi connectivity index (χ2n) is 4.67. The highest BCUT2D eigenvalue weighted by molar-refractivity contribution is 9.11. The summed E-state index contributed by atoms with van der Waals surface area (Å²) in [6, 6.07) is 12.2. The quantitative estimate of drug-likeness (QED) is 0.796. The topological polar surface area (TPSA) is 17.1 Å². The summed E-state index contributed by atoms with van der Waals surface area (Å²) >= 11 is 5.20. The summed E-state index contributed by atoms with van der Waals surface area (Å²) in [5.41, 5.74) is 2.15. The normalized spacial score (nSPS) is 18.7. The molecule has 3 heteroatoms. The summed E-state index contributed by atoms with van der Waals surface area (Å²) in [6.07, 6.45) is 2.88. The van der Waals surface area contributed by atoms with E-state index in [1.807, 2.05) is 18.2 Å². The van der Waals surface area contributed by atoms with Crippen LogP contribution < -0.4 is 0 Å². The van der Waals surface area contributed by atoms with Gasteiger partial charge in [-0.2, -0.15) is 0 Å². The number of benzene rings is 1. The molecule has 1 unspecified atom stereocenters. The van der Waals surface area contributed by atoms with Gasteiger partial charge in [0.25, 0.3) is 0 Å². The summed E-state index contributed by atoms with van der Waals surface area (Å²) in [4.78, 5) is 13.7. The van der Waals surface area contributed by atoms with E-state index in [0.717, 1.165) is 28.6 Å². The van der Waals surface area contributed by atoms with Crippen molar-refractivity contribution in [2.75, 3.05) is 0 Å². The molecule has 0 N–H and O–H groups in total. The van der Waals surface area contributed by atoms with Gasteiger partial charge in [0.1, 0.15) is 0 Å². The maximum absolute atomic E-state index is 12.4. The van der Waals surface area contributed by atoms with E-state index in [4.69, 9.17) is 0 Å². The van der Waals surface area contributed by atoms with Crippen LogP contribution in [-0.2, 0) is 12.8 Å². The van der Waals surface area contributed by atoms with Crippen molar-refractivity contribution < 1.29 is 4.79 Å². The van der Waals surface area contributed by atoms with Crippen LogP contribution in [0.4, 0.5) is 0 Å². The summed E-state index contributed by atoms with van der Waals surface area (Å²) in [5, 5.41) is 0. The minimum absolute atomic E-state index is 0.158. The van der Waals surface area contributed by atoms with Crippen molar-refractivity contribution in [3.05, 3.63) is 56.2 Å². The average Bonchev–Trinajstić information content (AvgIpc) is 2.79. The lowest BCUT2D eigenvalue weighted by molar-refractivity contribution is 0.0902. The van der Waals surface area contributed by atoms with E-state index in [1.165, 1.54) is 10.4 Å². The van der Waals surface area contributed by atoms with Crippen molar-refractivity contribution in [3.63, 3.8) is 0 Å². The van der Waals surface area contributed by atoms with Crippen LogP contribution in [0.15, 0.2) is 40.2 Å². The highest BCUT2D eigenvalue weighted by atomic mass is 79.9. The fraction of sp³-hybridized carbons (Fsp3) is 0.267. The number of aryl methyl sites for hydroxylation is 1. The van der Waals surface area contributed by atoms with Crippen molar-refractivity contribution in [1.82, 2.24) is 0 Å². The molecule has 92 valence electrons. The number of Topliss-reactive ketones (excluding diaryl/α,β-unsaturated/α-hetero) is 1. The van der Waals surface area contributed by atoms with Crippen molar-refractivity contribution in [2.24, 2.45) is 5.92 Å². The number of carbonyl (C=O) groups is 1. The third-order valence-electron chi connectivity index (χ3n) is 3.49. The molecular formula is C15H13BrOS. The molecule has 0 saturated carbocycles. The first-order valence-corrected chi connectivity index (χ1v) is 7.71. The van der Waals surface area contributed by atoms with Gasteiger partial charge < -0.3 is 0 Å². The number of ketones is 1. The van der Waals surface area contributed by atoms with E-state index in [2.05, 4.69) is 34.1 Å². The Morgan fingerprint density at radius 1 is 1.22 bits per heavy atom. The predicted octanol–water partition coefficient (Wildman–Crippen LogP) is 4.50. The van der Waals surface area contributed by atoms with Crippen LogP contribution >= 0.6 is 27.3 Å². The zero-order chi connectivity index (χ0) is 12.5. The van der Waals surface area contributed by atoms with Crippen molar-refractivity contribution in [2.45, 2.75) is 19.3 Å². The molecule has 0 radical (unpaired) electrons. The standard InChI is InChI=1S/C15H13BrOS/c16-14-8-7-12(18-14)9-11-6-5-10-3-1-2-4-13(10)15(11)17/h1-4,7-8,11H,5-6,9H2. The highest BCUT2D eigenvalue weighted by Gasteiger charge is 2.27. The van der Waals surface area contributed by atoms with E-state index >= 15 is 0 Å². The van der Waals surface area contributed by atoms with Gasteiger partial charge in [0.2, 0.25) is 0 Å². The van der Waals surface area contributed by atoms with Crippen LogP contribution in [0.2, 0.25) is 0 Å². The Labute approximate surface area is 119 Å². The molecule has 0 amide bonds. The van der Waals surface area contributed by atoms with Gasteiger partial charge in [-0.1, -0.05) is 24.3 Å². The third-order valence-corrected chi connectivity index (χ3v) is 5.14. The molecule has 1 heterocycles. The van der Waals surface area contributed by atoms with Crippen LogP contribution in [0, 0.1) is 5.92 Å². The molecule has 3 rings (SSSR count). The molecular weight excluding hydrogens is 308 g/mol. The van der Waals surface area contributed by atoms with Gasteiger partial charge in [-0.3, -0.25) is 4.79 Å². The molecule has 0 saturated heterocycles. The maximum Gasteiger partial charge on any atom is 0.166 e. The lowest BCUT2D eigenvalue weighted by Gasteiger charge is -2.22. The van der Waals surface area contributed by atoms with Crippen LogP contribution in [0.25, 0.3) is 0 Å². The minimum atomic E-state index is 0.158. The minimum Gasteiger partial charge on any atom is -0.294 e. The molecule has 0 fully saturated rings. The SMILES string of the molecule is O=C1c2ccccc2CCC1Cc1ccc(Br)s1. The molecule has 1 aromatic carbocycles. The van der Waals surface area contributed by atoms with Crippen LogP contribution in [0.1, 0.15) is 27.2 Å². The number of fused-ring (bicyclic) bond motifs is 1. The molecule has 1 aliphatic rings. The van der Waals surface area contributed by atoms with Gasteiger partial charge in [-0.15, -0.1) is 11.3 Å². The average molecular weight is 321 g/mol. The lowest BCUT2D eigenvalue weighted by Crippen LogP contribution is -2.24. The van der Waals surface area contributed by atoms with Crippen molar-refractivity contribution >= 4 is 33.0 Å². The smallest absolute Gasteiger partial charge is 0.166 e. The molecule has 0 spiro atoms. The molecule has 2 aromatic rings. The van der Waals surface area contributed by atoms with Crippen LogP contribution in [0.3, 0.4) is 0 Å². The van der Waals surface area contributed by atoms with Gasteiger partial charge in [0.05, 0.1) is 3.79 Å². The fourth-order valence-corrected chi connectivity index (χ4v) is 4.12. The Bertz CT molecular complexity index is 588. The largest absolute Gasteiger partial charge is 0.294 e. The van der Waals surface area contributed by atoms with Crippen molar-refractivity contribution in [3.8, 4) is 0 Å². The molecule has 1 aliphatic carbocycles. The van der Waals surface area contributed by atoms with E-state index in [0.29, 0.717) is 5.78 Å². The summed E-state index contributed by atoms with van der Waals surface area (Å²) < 4.78 is 1.14. The summed E-state index contributed by atoms with van der Waals surface area (Å²) in [5.74, 6) is 0.479. The number of rotatable bonds is 2. The van der Waals surface area contributed by atoms with Gasteiger partial charge in [0, 0.05) is 16.4 Å². The predicted molar refractivity (Wildman–Crippen MR) is 78.3 cm³/mol. The zero-order valence-corrected chi connectivity index (χ0v) is 12.3. The lowest BCUT2D eigenvalue weighted by atomic mass is 9.81. The summed E-state index contributed by atoms with van der Waals surface area (Å²) in [7, 11) is 0. The Balaban J connectivity index is 1.82. The highest BCUT2D eigenvalue weighted by Crippen LogP contribution is 2.31. The summed E-state index contributed by atoms with van der Waals surface area (Å²) in [6.45, 7) is 0. The second kappa shape index (κ2) is 4.98. The first kappa shape index (κ1) is 12.1. The first-order chi connectivity index (χ1) is 8.74. The molecule has 1 aromatic heterocycles. The Morgan fingerprint density at radius 2 is 2.06 bits per heavy atom. The Hall–Kier alpha value is -0.930. The Morgan fingerprint density at radius 3 is 2.83 bits per heavy atom. The molecule has 0 bridgehead atoms. The monoisotopic (exact) mass is 320 g/mol. The molecule has 18 heavy (non-hydrogen) atoms. The van der Waals surface area contributed by atoms with Gasteiger partial charge in [0.15, 0.2) is 5.78 Å². The first-order valence-electron chi connectivity index (χ1n) is 6.10. The zero-order valence-electron chi connectivity index (χ0n) is 9.86. The number of carbonyl (C=O) groups excluding carboxylic acids is 1. The van der Waals surface area contributed by atoms with Crippen molar-refractivity contribution in [1.29, 1.82) is 0 Å².